The first-order valence-corrected chi connectivity index (χ1v) is 10.6. The zero-order chi connectivity index (χ0) is 20.8. The van der Waals surface area contributed by atoms with Crippen LogP contribution < -0.4 is 5.32 Å². The molecule has 0 saturated heterocycles. The van der Waals surface area contributed by atoms with E-state index in [4.69, 9.17) is 4.98 Å². The molecule has 0 radical (unpaired) electrons. The first-order valence-electron chi connectivity index (χ1n) is 10.6. The standard InChI is InChI=1S/C26H27N3O/c1-20(16-17-21-10-4-2-5-11-21)27-26(30)19-18-25-28-23-14-8-9-15-24(23)29(25)22-12-6-3-7-13-22/h2-15,20H,16-19H2,1H3,(H,27,30). The molecule has 1 heterocycles. The highest BCUT2D eigenvalue weighted by Crippen LogP contribution is 2.22. The molecule has 1 aromatic heterocycles. The number of nitrogens with one attached hydrogen (secondary N) is 1. The van der Waals surface area contributed by atoms with Gasteiger partial charge >= 0.3 is 0 Å². The number of nitrogens with zero attached hydrogens (tertiary/aromatic N) is 2. The lowest BCUT2D eigenvalue weighted by Crippen LogP contribution is -2.33. The van der Waals surface area contributed by atoms with Crippen LogP contribution in [0.3, 0.4) is 0 Å². The Kier molecular flexibility index (Phi) is 6.23. The molecule has 4 aromatic rings. The molecule has 0 aliphatic rings. The minimum absolute atomic E-state index is 0.0715. The van der Waals surface area contributed by atoms with E-state index in [1.54, 1.807) is 0 Å². The average Bonchev–Trinajstić information content (AvgIpc) is 3.16. The topological polar surface area (TPSA) is 46.9 Å². The highest BCUT2D eigenvalue weighted by Gasteiger charge is 2.14. The predicted octanol–water partition coefficient (Wildman–Crippen LogP) is 5.10. The van der Waals surface area contributed by atoms with E-state index in [9.17, 15) is 4.79 Å². The van der Waals surface area contributed by atoms with Crippen LogP contribution in [0.2, 0.25) is 0 Å². The predicted molar refractivity (Wildman–Crippen MR) is 122 cm³/mol. The number of para-hydroxylation sites is 3. The number of hydrogen-bond acceptors (Lipinski definition) is 2. The Bertz CT molecular complexity index is 1100. The molecule has 30 heavy (non-hydrogen) atoms. The summed E-state index contributed by atoms with van der Waals surface area (Å²) < 4.78 is 2.15. The molecule has 0 aliphatic heterocycles. The van der Waals surface area contributed by atoms with E-state index in [2.05, 4.69) is 59.3 Å². The van der Waals surface area contributed by atoms with Gasteiger partial charge in [0.2, 0.25) is 5.91 Å². The first-order chi connectivity index (χ1) is 14.7. The molecule has 4 nitrogen and oxygen atoms in total. The summed E-state index contributed by atoms with van der Waals surface area (Å²) in [6.07, 6.45) is 2.91. The molecule has 1 atom stereocenters. The van der Waals surface area contributed by atoms with E-state index < -0.39 is 0 Å². The van der Waals surface area contributed by atoms with Gasteiger partial charge in [-0.2, -0.15) is 0 Å². The van der Waals surface area contributed by atoms with Gasteiger partial charge in [0.1, 0.15) is 5.82 Å². The summed E-state index contributed by atoms with van der Waals surface area (Å²) in [7, 11) is 0. The Morgan fingerprint density at radius 3 is 2.33 bits per heavy atom. The lowest BCUT2D eigenvalue weighted by Gasteiger charge is -2.14. The maximum atomic E-state index is 12.6. The molecule has 152 valence electrons. The maximum Gasteiger partial charge on any atom is 0.220 e. The Balaban J connectivity index is 1.40. The monoisotopic (exact) mass is 397 g/mol. The number of benzene rings is 3. The van der Waals surface area contributed by atoms with Crippen LogP contribution in [0, 0.1) is 0 Å². The third-order valence-corrected chi connectivity index (χ3v) is 5.34. The van der Waals surface area contributed by atoms with Crippen LogP contribution in [0.5, 0.6) is 0 Å². The molecule has 1 unspecified atom stereocenters. The van der Waals surface area contributed by atoms with Gasteiger partial charge in [0.05, 0.1) is 11.0 Å². The molecule has 0 spiro atoms. The summed E-state index contributed by atoms with van der Waals surface area (Å²) in [5, 5.41) is 3.14. The second-order valence-electron chi connectivity index (χ2n) is 7.68. The Morgan fingerprint density at radius 1 is 0.900 bits per heavy atom. The van der Waals surface area contributed by atoms with Crippen molar-refractivity contribution < 1.29 is 4.79 Å². The van der Waals surface area contributed by atoms with Crippen LogP contribution >= 0.6 is 0 Å². The van der Waals surface area contributed by atoms with Crippen molar-refractivity contribution in [3.05, 3.63) is 96.3 Å². The molecule has 0 bridgehead atoms. The van der Waals surface area contributed by atoms with Gasteiger partial charge in [0.15, 0.2) is 0 Å². The minimum Gasteiger partial charge on any atom is -0.354 e. The normalized spacial score (nSPS) is 12.0. The fourth-order valence-electron chi connectivity index (χ4n) is 3.78. The summed E-state index contributed by atoms with van der Waals surface area (Å²) in [6.45, 7) is 2.07. The largest absolute Gasteiger partial charge is 0.354 e. The Morgan fingerprint density at radius 2 is 1.57 bits per heavy atom. The van der Waals surface area contributed by atoms with Crippen LogP contribution in [0.1, 0.15) is 31.2 Å². The molecule has 3 aromatic carbocycles. The molecule has 4 rings (SSSR count). The highest BCUT2D eigenvalue weighted by atomic mass is 16.1. The number of fused-ring (bicyclic) bond motifs is 1. The molecular weight excluding hydrogens is 370 g/mol. The van der Waals surface area contributed by atoms with E-state index >= 15 is 0 Å². The molecule has 1 N–H and O–H groups in total. The summed E-state index contributed by atoms with van der Waals surface area (Å²) in [5.74, 6) is 0.983. The Hall–Kier alpha value is -3.40. The van der Waals surface area contributed by atoms with Crippen LogP contribution in [-0.4, -0.2) is 21.5 Å². The zero-order valence-corrected chi connectivity index (χ0v) is 17.3. The van der Waals surface area contributed by atoms with Crippen molar-refractivity contribution in [2.75, 3.05) is 0 Å². The van der Waals surface area contributed by atoms with E-state index in [0.29, 0.717) is 12.8 Å². The molecule has 0 fully saturated rings. The second-order valence-corrected chi connectivity index (χ2v) is 7.68. The quantitative estimate of drug-likeness (QED) is 0.450. The van der Waals surface area contributed by atoms with Gasteiger partial charge in [-0.15, -0.1) is 0 Å². The first kappa shape index (κ1) is 19.9. The second kappa shape index (κ2) is 9.40. The summed E-state index contributed by atoms with van der Waals surface area (Å²) >= 11 is 0. The van der Waals surface area contributed by atoms with Gasteiger partial charge < -0.3 is 5.32 Å². The van der Waals surface area contributed by atoms with Crippen LogP contribution in [0.25, 0.3) is 16.7 Å². The van der Waals surface area contributed by atoms with Crippen molar-refractivity contribution in [1.29, 1.82) is 0 Å². The van der Waals surface area contributed by atoms with Crippen molar-refractivity contribution in [1.82, 2.24) is 14.9 Å². The SMILES string of the molecule is CC(CCc1ccccc1)NC(=O)CCc1nc2ccccc2n1-c1ccccc1. The number of rotatable bonds is 8. The number of hydrogen-bond donors (Lipinski definition) is 1. The minimum atomic E-state index is 0.0715. The fraction of sp³-hybridized carbons (Fsp3) is 0.231. The van der Waals surface area contributed by atoms with Crippen molar-refractivity contribution in [3.8, 4) is 5.69 Å². The maximum absolute atomic E-state index is 12.6. The lowest BCUT2D eigenvalue weighted by molar-refractivity contribution is -0.121. The number of carbonyl (C=O) groups excluding carboxylic acids is 1. The Labute approximate surface area is 177 Å². The van der Waals surface area contributed by atoms with E-state index in [-0.39, 0.29) is 11.9 Å². The third-order valence-electron chi connectivity index (χ3n) is 5.34. The van der Waals surface area contributed by atoms with Crippen LogP contribution in [-0.2, 0) is 17.6 Å². The molecule has 1 amide bonds. The average molecular weight is 398 g/mol. The molecular formula is C26H27N3O. The van der Waals surface area contributed by atoms with Gasteiger partial charge in [-0.25, -0.2) is 4.98 Å². The van der Waals surface area contributed by atoms with Crippen molar-refractivity contribution in [3.63, 3.8) is 0 Å². The van der Waals surface area contributed by atoms with Crippen LogP contribution in [0.4, 0.5) is 0 Å². The number of carbonyl (C=O) groups is 1. The number of imidazole rings is 1. The van der Waals surface area contributed by atoms with Crippen molar-refractivity contribution >= 4 is 16.9 Å². The van der Waals surface area contributed by atoms with Crippen molar-refractivity contribution in [2.24, 2.45) is 0 Å². The lowest BCUT2D eigenvalue weighted by atomic mass is 10.1. The van der Waals surface area contributed by atoms with Crippen molar-refractivity contribution in [2.45, 2.75) is 38.6 Å². The number of aromatic nitrogens is 2. The van der Waals surface area contributed by atoms with E-state index in [0.717, 1.165) is 35.4 Å². The fourth-order valence-corrected chi connectivity index (χ4v) is 3.78. The summed E-state index contributed by atoms with van der Waals surface area (Å²) in [6, 6.07) is 28.8. The third kappa shape index (κ3) is 4.77. The van der Waals surface area contributed by atoms with Gasteiger partial charge in [-0.3, -0.25) is 9.36 Å². The smallest absolute Gasteiger partial charge is 0.220 e. The van der Waals surface area contributed by atoms with E-state index in [1.807, 2.05) is 42.5 Å². The molecule has 0 aliphatic carbocycles. The number of amides is 1. The van der Waals surface area contributed by atoms with Gasteiger partial charge in [0, 0.05) is 24.6 Å². The zero-order valence-electron chi connectivity index (χ0n) is 17.3. The molecule has 0 saturated carbocycles. The summed E-state index contributed by atoms with van der Waals surface area (Å²) in [4.78, 5) is 17.4. The van der Waals surface area contributed by atoms with Gasteiger partial charge in [-0.05, 0) is 49.6 Å². The van der Waals surface area contributed by atoms with Crippen LogP contribution in [0.15, 0.2) is 84.9 Å². The molecule has 4 heteroatoms. The number of aryl methyl sites for hydroxylation is 2. The highest BCUT2D eigenvalue weighted by molar-refractivity contribution is 5.79. The van der Waals surface area contributed by atoms with Gasteiger partial charge in [0.25, 0.3) is 0 Å². The summed E-state index contributed by atoms with van der Waals surface area (Å²) in [5.41, 5.74) is 4.39. The van der Waals surface area contributed by atoms with Gasteiger partial charge in [-0.1, -0.05) is 60.7 Å². The van der Waals surface area contributed by atoms with E-state index in [1.165, 1.54) is 5.56 Å².